The van der Waals surface area contributed by atoms with Crippen LogP contribution in [0.25, 0.3) is 11.1 Å². The van der Waals surface area contributed by atoms with Crippen LogP contribution in [-0.2, 0) is 11.3 Å². The molecule has 0 atom stereocenters. The molecule has 3 rings (SSSR count). The quantitative estimate of drug-likeness (QED) is 0.237. The van der Waals surface area contributed by atoms with Gasteiger partial charge in [0, 0.05) is 18.6 Å². The van der Waals surface area contributed by atoms with E-state index in [0.717, 1.165) is 28.2 Å². The van der Waals surface area contributed by atoms with Crippen molar-refractivity contribution in [3.8, 4) is 23.1 Å². The molecule has 192 valence electrons. The van der Waals surface area contributed by atoms with Crippen molar-refractivity contribution >= 4 is 17.4 Å². The number of pyridine rings is 1. The number of nitro groups is 1. The Morgan fingerprint density at radius 2 is 1.84 bits per heavy atom. The van der Waals surface area contributed by atoms with E-state index < -0.39 is 41.0 Å². The molecule has 2 aromatic carbocycles. The van der Waals surface area contributed by atoms with E-state index in [9.17, 15) is 33.3 Å². The van der Waals surface area contributed by atoms with Gasteiger partial charge in [-0.3, -0.25) is 19.8 Å². The van der Waals surface area contributed by atoms with E-state index in [1.54, 1.807) is 48.5 Å². The molecule has 0 fully saturated rings. The normalized spacial score (nSPS) is 11.0. The maximum absolute atomic E-state index is 13.1. The van der Waals surface area contributed by atoms with Gasteiger partial charge >= 0.3 is 11.9 Å². The lowest BCUT2D eigenvalue weighted by atomic mass is 9.99. The van der Waals surface area contributed by atoms with Crippen molar-refractivity contribution < 1.29 is 27.6 Å². The van der Waals surface area contributed by atoms with E-state index in [4.69, 9.17) is 0 Å². The number of amides is 1. The second-order valence-electron chi connectivity index (χ2n) is 8.09. The van der Waals surface area contributed by atoms with Crippen LogP contribution in [0, 0.1) is 21.4 Å². The highest BCUT2D eigenvalue weighted by Crippen LogP contribution is 2.32. The first kappa shape index (κ1) is 27.1. The van der Waals surface area contributed by atoms with Gasteiger partial charge in [0.05, 0.1) is 23.1 Å². The maximum Gasteiger partial charge on any atom is 0.422 e. The van der Waals surface area contributed by atoms with Gasteiger partial charge in [-0.1, -0.05) is 55.8 Å². The minimum atomic E-state index is -4.63. The molecule has 0 spiro atoms. The largest absolute Gasteiger partial charge is 0.468 e. The third-order valence-corrected chi connectivity index (χ3v) is 5.36. The summed E-state index contributed by atoms with van der Waals surface area (Å²) in [4.78, 5) is 29.0. The monoisotopic (exact) mass is 512 g/mol. The number of anilines is 1. The van der Waals surface area contributed by atoms with Gasteiger partial charge in [0.15, 0.2) is 6.61 Å². The van der Waals surface area contributed by atoms with E-state index >= 15 is 0 Å². The number of rotatable bonds is 10. The molecule has 11 heteroatoms. The number of nitrogens with zero attached hydrogens (tertiary/aromatic N) is 4. The average Bonchev–Trinajstić information content (AvgIpc) is 2.88. The average molecular weight is 512 g/mol. The zero-order valence-corrected chi connectivity index (χ0v) is 19.9. The molecule has 0 aliphatic carbocycles. The molecule has 3 aromatic rings. The maximum atomic E-state index is 13.1. The van der Waals surface area contributed by atoms with Crippen LogP contribution >= 0.6 is 0 Å². The molecular formula is C26H23F3N4O4. The Bertz CT molecular complexity index is 1300. The van der Waals surface area contributed by atoms with Crippen LogP contribution in [0.1, 0.15) is 37.3 Å². The van der Waals surface area contributed by atoms with Gasteiger partial charge in [0.1, 0.15) is 0 Å². The van der Waals surface area contributed by atoms with Crippen molar-refractivity contribution in [1.82, 2.24) is 4.98 Å². The standard InChI is InChI=1S/C26H23F3N4O4/c1-2-3-8-24(34)32(25-22(33(35)36)13-14-23(31-25)37-17-26(27,28)29)16-18-9-11-19(12-10-18)21-7-5-4-6-20(21)15-30/h4-7,9-14H,2-3,8,16-17H2,1H3. The summed E-state index contributed by atoms with van der Waals surface area (Å²) in [6.07, 6.45) is -3.36. The zero-order valence-electron chi connectivity index (χ0n) is 19.9. The Kier molecular flexibility index (Phi) is 8.79. The highest BCUT2D eigenvalue weighted by atomic mass is 19.4. The van der Waals surface area contributed by atoms with Crippen molar-refractivity contribution in [1.29, 1.82) is 5.26 Å². The summed E-state index contributed by atoms with van der Waals surface area (Å²) >= 11 is 0. The Hall–Kier alpha value is -4.46. The van der Waals surface area contributed by atoms with Crippen LogP contribution in [0.3, 0.4) is 0 Å². The molecule has 0 N–H and O–H groups in total. The molecule has 0 aliphatic rings. The van der Waals surface area contributed by atoms with Crippen LogP contribution in [-0.4, -0.2) is 28.6 Å². The number of carbonyl (C=O) groups is 1. The smallest absolute Gasteiger partial charge is 0.422 e. The van der Waals surface area contributed by atoms with E-state index in [2.05, 4.69) is 15.8 Å². The van der Waals surface area contributed by atoms with Gasteiger partial charge in [-0.25, -0.2) is 0 Å². The Labute approximate surface area is 211 Å². The molecule has 1 aromatic heterocycles. The van der Waals surface area contributed by atoms with Crippen LogP contribution in [0.15, 0.2) is 60.7 Å². The molecule has 0 saturated heterocycles. The molecule has 0 aliphatic heterocycles. The number of hydrogen-bond acceptors (Lipinski definition) is 6. The first-order valence-corrected chi connectivity index (χ1v) is 11.4. The fourth-order valence-electron chi connectivity index (χ4n) is 3.55. The summed E-state index contributed by atoms with van der Waals surface area (Å²) in [7, 11) is 0. The van der Waals surface area contributed by atoms with Gasteiger partial charge in [0.25, 0.3) is 0 Å². The highest BCUT2D eigenvalue weighted by molar-refractivity contribution is 5.94. The van der Waals surface area contributed by atoms with Crippen molar-refractivity contribution in [2.24, 2.45) is 0 Å². The number of benzene rings is 2. The predicted molar refractivity (Wildman–Crippen MR) is 130 cm³/mol. The van der Waals surface area contributed by atoms with Gasteiger partial charge in [0.2, 0.25) is 17.6 Å². The minimum absolute atomic E-state index is 0.0661. The lowest BCUT2D eigenvalue weighted by Gasteiger charge is -2.22. The summed E-state index contributed by atoms with van der Waals surface area (Å²) in [5.74, 6) is -1.36. The number of ether oxygens (including phenoxy) is 1. The number of carbonyl (C=O) groups excluding carboxylic acids is 1. The lowest BCUT2D eigenvalue weighted by Crippen LogP contribution is -2.32. The molecule has 1 amide bonds. The molecule has 8 nitrogen and oxygen atoms in total. The van der Waals surface area contributed by atoms with Crippen molar-refractivity contribution in [3.05, 3.63) is 81.9 Å². The summed E-state index contributed by atoms with van der Waals surface area (Å²) in [6.45, 7) is 0.133. The molecule has 0 bridgehead atoms. The molecule has 1 heterocycles. The van der Waals surface area contributed by atoms with E-state index in [-0.39, 0.29) is 13.0 Å². The fourth-order valence-corrected chi connectivity index (χ4v) is 3.55. The first-order chi connectivity index (χ1) is 17.6. The Morgan fingerprint density at radius 1 is 1.14 bits per heavy atom. The molecular weight excluding hydrogens is 489 g/mol. The topological polar surface area (TPSA) is 109 Å². The SMILES string of the molecule is CCCCC(=O)N(Cc1ccc(-c2ccccc2C#N)cc1)c1nc(OCC(F)(F)F)ccc1[N+](=O)[O-]. The van der Waals surface area contributed by atoms with Gasteiger partial charge < -0.3 is 4.74 Å². The lowest BCUT2D eigenvalue weighted by molar-refractivity contribution is -0.384. The summed E-state index contributed by atoms with van der Waals surface area (Å²) in [5, 5.41) is 21.0. The number of nitriles is 1. The fraction of sp³-hybridized carbons (Fsp3) is 0.269. The third-order valence-electron chi connectivity index (χ3n) is 5.36. The highest BCUT2D eigenvalue weighted by Gasteiger charge is 2.31. The number of hydrogen-bond donors (Lipinski definition) is 0. The molecule has 37 heavy (non-hydrogen) atoms. The zero-order chi connectivity index (χ0) is 27.0. The molecule has 0 saturated carbocycles. The number of aromatic nitrogens is 1. The number of halogens is 3. The minimum Gasteiger partial charge on any atom is -0.468 e. The van der Waals surface area contributed by atoms with E-state index in [0.29, 0.717) is 24.0 Å². The Balaban J connectivity index is 1.98. The van der Waals surface area contributed by atoms with Crippen molar-refractivity contribution in [3.63, 3.8) is 0 Å². The third kappa shape index (κ3) is 7.27. The van der Waals surface area contributed by atoms with Gasteiger partial charge in [-0.05, 0) is 29.2 Å². The second-order valence-corrected chi connectivity index (χ2v) is 8.09. The van der Waals surface area contributed by atoms with Crippen LogP contribution in [0.5, 0.6) is 5.88 Å². The number of unbranched alkanes of at least 4 members (excludes halogenated alkanes) is 1. The van der Waals surface area contributed by atoms with Crippen LogP contribution < -0.4 is 9.64 Å². The summed E-state index contributed by atoms with van der Waals surface area (Å²) in [5.41, 5.74) is 2.03. The first-order valence-electron chi connectivity index (χ1n) is 11.4. The van der Waals surface area contributed by atoms with Crippen LogP contribution in [0.2, 0.25) is 0 Å². The van der Waals surface area contributed by atoms with Gasteiger partial charge in [-0.2, -0.15) is 23.4 Å². The number of alkyl halides is 3. The Morgan fingerprint density at radius 3 is 2.46 bits per heavy atom. The van der Waals surface area contributed by atoms with E-state index in [1.807, 2.05) is 6.92 Å². The second kappa shape index (κ2) is 12.0. The van der Waals surface area contributed by atoms with Crippen molar-refractivity contribution in [2.75, 3.05) is 11.5 Å². The van der Waals surface area contributed by atoms with Crippen molar-refractivity contribution in [2.45, 2.75) is 38.9 Å². The summed E-state index contributed by atoms with van der Waals surface area (Å²) < 4.78 is 42.5. The molecule has 0 unspecified atom stereocenters. The van der Waals surface area contributed by atoms with Crippen LogP contribution in [0.4, 0.5) is 24.7 Å². The summed E-state index contributed by atoms with van der Waals surface area (Å²) in [6, 6.07) is 18.0. The van der Waals surface area contributed by atoms with Gasteiger partial charge in [-0.15, -0.1) is 0 Å². The predicted octanol–water partition coefficient (Wildman–Crippen LogP) is 6.19. The molecule has 0 radical (unpaired) electrons. The van der Waals surface area contributed by atoms with E-state index in [1.165, 1.54) is 0 Å².